The molecule has 0 radical (unpaired) electrons. The summed E-state index contributed by atoms with van der Waals surface area (Å²) >= 11 is 3.47. The lowest BCUT2D eigenvalue weighted by Crippen LogP contribution is -2.00. The van der Waals surface area contributed by atoms with Gasteiger partial charge >= 0.3 is 0 Å². The quantitative estimate of drug-likeness (QED) is 0.842. The van der Waals surface area contributed by atoms with Crippen LogP contribution in [0.25, 0.3) is 0 Å². The van der Waals surface area contributed by atoms with E-state index in [1.165, 1.54) is 18.4 Å². The lowest BCUT2D eigenvalue weighted by Gasteiger charge is -2.12. The Kier molecular flexibility index (Phi) is 2.43. The highest BCUT2D eigenvalue weighted by molar-refractivity contribution is 9.10. The number of aryl methyl sites for hydroxylation is 1. The number of hydrogen-bond donors (Lipinski definition) is 1. The minimum absolute atomic E-state index is 0.269. The maximum Gasteiger partial charge on any atom is 0.0829 e. The molecule has 0 aromatic heterocycles. The van der Waals surface area contributed by atoms with Crippen LogP contribution in [0, 0.1) is 12.8 Å². The molecule has 1 aromatic carbocycles. The van der Waals surface area contributed by atoms with E-state index in [1.807, 2.05) is 12.1 Å². The van der Waals surface area contributed by atoms with Gasteiger partial charge in [0.25, 0.3) is 0 Å². The highest BCUT2D eigenvalue weighted by atomic mass is 79.9. The summed E-state index contributed by atoms with van der Waals surface area (Å²) in [5, 5.41) is 9.94. The van der Waals surface area contributed by atoms with Crippen molar-refractivity contribution >= 4 is 15.9 Å². The van der Waals surface area contributed by atoms with Gasteiger partial charge in [0, 0.05) is 4.47 Å². The van der Waals surface area contributed by atoms with E-state index in [9.17, 15) is 5.11 Å². The summed E-state index contributed by atoms with van der Waals surface area (Å²) in [7, 11) is 0. The fourth-order valence-electron chi connectivity index (χ4n) is 1.56. The second kappa shape index (κ2) is 3.43. The molecule has 0 spiro atoms. The Morgan fingerprint density at radius 2 is 2.15 bits per heavy atom. The Hall–Kier alpha value is -0.340. The highest BCUT2D eigenvalue weighted by Crippen LogP contribution is 2.42. The van der Waals surface area contributed by atoms with Crippen molar-refractivity contribution in [3.8, 4) is 0 Å². The standard InChI is InChI=1S/C11H13BrO/c1-7-2-5-10(12)9(6-7)11(13)8-3-4-8/h2,5-6,8,11,13H,3-4H2,1H3. The first-order valence-corrected chi connectivity index (χ1v) is 5.42. The molecule has 1 aliphatic rings. The number of aliphatic hydroxyl groups is 1. The van der Waals surface area contributed by atoms with Crippen molar-refractivity contribution in [1.29, 1.82) is 0 Å². The van der Waals surface area contributed by atoms with E-state index in [4.69, 9.17) is 0 Å². The van der Waals surface area contributed by atoms with E-state index in [0.29, 0.717) is 5.92 Å². The smallest absolute Gasteiger partial charge is 0.0829 e. The largest absolute Gasteiger partial charge is 0.388 e. The van der Waals surface area contributed by atoms with Gasteiger partial charge in [-0.2, -0.15) is 0 Å². The molecule has 1 nitrogen and oxygen atoms in total. The normalized spacial score (nSPS) is 18.7. The van der Waals surface area contributed by atoms with Crippen LogP contribution in [-0.4, -0.2) is 5.11 Å². The fourth-order valence-corrected chi connectivity index (χ4v) is 2.04. The molecule has 13 heavy (non-hydrogen) atoms. The molecule has 0 aliphatic heterocycles. The molecule has 2 heteroatoms. The summed E-state index contributed by atoms with van der Waals surface area (Å²) in [6, 6.07) is 6.12. The number of rotatable bonds is 2. The Balaban J connectivity index is 2.31. The zero-order chi connectivity index (χ0) is 9.42. The summed E-state index contributed by atoms with van der Waals surface area (Å²) in [5.74, 6) is 0.498. The number of hydrogen-bond acceptors (Lipinski definition) is 1. The topological polar surface area (TPSA) is 20.2 Å². The third-order valence-corrected chi connectivity index (χ3v) is 3.26. The van der Waals surface area contributed by atoms with Crippen molar-refractivity contribution in [2.45, 2.75) is 25.9 Å². The first-order valence-electron chi connectivity index (χ1n) is 4.62. The lowest BCUT2D eigenvalue weighted by molar-refractivity contribution is 0.153. The van der Waals surface area contributed by atoms with Crippen LogP contribution in [0.3, 0.4) is 0 Å². The second-order valence-electron chi connectivity index (χ2n) is 3.81. The molecule has 1 atom stereocenters. The first kappa shape index (κ1) is 9.22. The molecule has 0 heterocycles. The monoisotopic (exact) mass is 240 g/mol. The van der Waals surface area contributed by atoms with Crippen LogP contribution >= 0.6 is 15.9 Å². The molecular formula is C11H13BrO. The molecule has 1 N–H and O–H groups in total. The number of benzene rings is 1. The van der Waals surface area contributed by atoms with Crippen molar-refractivity contribution < 1.29 is 5.11 Å². The fraction of sp³-hybridized carbons (Fsp3) is 0.455. The molecule has 2 rings (SSSR count). The summed E-state index contributed by atoms with van der Waals surface area (Å²) < 4.78 is 1.03. The van der Waals surface area contributed by atoms with Gasteiger partial charge in [0.15, 0.2) is 0 Å². The second-order valence-corrected chi connectivity index (χ2v) is 4.66. The Labute approximate surface area is 86.9 Å². The van der Waals surface area contributed by atoms with Gasteiger partial charge in [0.2, 0.25) is 0 Å². The van der Waals surface area contributed by atoms with Crippen molar-refractivity contribution in [3.05, 3.63) is 33.8 Å². The van der Waals surface area contributed by atoms with E-state index in [0.717, 1.165) is 10.0 Å². The van der Waals surface area contributed by atoms with Gasteiger partial charge in [-0.15, -0.1) is 0 Å². The zero-order valence-corrected chi connectivity index (χ0v) is 9.21. The maximum absolute atomic E-state index is 9.94. The van der Waals surface area contributed by atoms with Gasteiger partial charge in [0.05, 0.1) is 6.10 Å². The van der Waals surface area contributed by atoms with E-state index in [2.05, 4.69) is 28.9 Å². The molecule has 0 bridgehead atoms. The van der Waals surface area contributed by atoms with E-state index >= 15 is 0 Å². The van der Waals surface area contributed by atoms with Gasteiger partial charge in [-0.3, -0.25) is 0 Å². The molecule has 70 valence electrons. The van der Waals surface area contributed by atoms with Crippen LogP contribution in [0.2, 0.25) is 0 Å². The van der Waals surface area contributed by atoms with Crippen LogP contribution < -0.4 is 0 Å². The van der Waals surface area contributed by atoms with Crippen LogP contribution in [-0.2, 0) is 0 Å². The van der Waals surface area contributed by atoms with Crippen LogP contribution in [0.5, 0.6) is 0 Å². The first-order chi connectivity index (χ1) is 6.18. The molecule has 1 unspecified atom stereocenters. The van der Waals surface area contributed by atoms with Gasteiger partial charge in [-0.25, -0.2) is 0 Å². The predicted octanol–water partition coefficient (Wildman–Crippen LogP) is 3.20. The predicted molar refractivity (Wildman–Crippen MR) is 56.6 cm³/mol. The number of aliphatic hydroxyl groups excluding tert-OH is 1. The Bertz CT molecular complexity index is 318. The Morgan fingerprint density at radius 3 is 2.77 bits per heavy atom. The molecule has 0 amide bonds. The molecule has 0 saturated heterocycles. The van der Waals surface area contributed by atoms with Gasteiger partial charge in [0.1, 0.15) is 0 Å². The third kappa shape index (κ3) is 1.94. The van der Waals surface area contributed by atoms with Crippen molar-refractivity contribution in [1.82, 2.24) is 0 Å². The van der Waals surface area contributed by atoms with Crippen LogP contribution in [0.15, 0.2) is 22.7 Å². The highest BCUT2D eigenvalue weighted by Gasteiger charge is 2.31. The SMILES string of the molecule is Cc1ccc(Br)c(C(O)C2CC2)c1. The van der Waals surface area contributed by atoms with Gasteiger partial charge < -0.3 is 5.11 Å². The summed E-state index contributed by atoms with van der Waals surface area (Å²) in [6.45, 7) is 2.05. The molecule has 1 aliphatic carbocycles. The van der Waals surface area contributed by atoms with Crippen LogP contribution in [0.1, 0.15) is 30.1 Å². The van der Waals surface area contributed by atoms with Crippen molar-refractivity contribution in [2.24, 2.45) is 5.92 Å². The minimum atomic E-state index is -0.269. The lowest BCUT2D eigenvalue weighted by atomic mass is 10.0. The van der Waals surface area contributed by atoms with Gasteiger partial charge in [-0.1, -0.05) is 33.6 Å². The molecule has 1 fully saturated rings. The zero-order valence-electron chi connectivity index (χ0n) is 7.63. The third-order valence-electron chi connectivity index (χ3n) is 2.54. The number of halogens is 1. The summed E-state index contributed by atoms with van der Waals surface area (Å²) in [5.41, 5.74) is 2.25. The summed E-state index contributed by atoms with van der Waals surface area (Å²) in [6.07, 6.45) is 2.07. The average molecular weight is 241 g/mol. The van der Waals surface area contributed by atoms with E-state index in [-0.39, 0.29) is 6.10 Å². The van der Waals surface area contributed by atoms with Crippen molar-refractivity contribution in [2.75, 3.05) is 0 Å². The van der Waals surface area contributed by atoms with E-state index in [1.54, 1.807) is 0 Å². The molecular weight excluding hydrogens is 228 g/mol. The van der Waals surface area contributed by atoms with Gasteiger partial charge in [-0.05, 0) is 37.3 Å². The van der Waals surface area contributed by atoms with Crippen molar-refractivity contribution in [3.63, 3.8) is 0 Å². The minimum Gasteiger partial charge on any atom is -0.388 e. The maximum atomic E-state index is 9.94. The van der Waals surface area contributed by atoms with E-state index < -0.39 is 0 Å². The molecule has 1 saturated carbocycles. The Morgan fingerprint density at radius 1 is 1.46 bits per heavy atom. The molecule has 1 aromatic rings. The summed E-state index contributed by atoms with van der Waals surface area (Å²) in [4.78, 5) is 0. The average Bonchev–Trinajstić information content (AvgIpc) is 2.91. The van der Waals surface area contributed by atoms with Crippen LogP contribution in [0.4, 0.5) is 0 Å².